The van der Waals surface area contributed by atoms with Crippen molar-refractivity contribution in [2.45, 2.75) is 129 Å². The predicted octanol–water partition coefficient (Wildman–Crippen LogP) is 10.3. The van der Waals surface area contributed by atoms with Crippen LogP contribution in [0.15, 0.2) is 95.9 Å². The zero-order chi connectivity index (χ0) is 48.4. The molecule has 0 saturated carbocycles. The predicted molar refractivity (Wildman–Crippen MR) is 264 cm³/mol. The summed E-state index contributed by atoms with van der Waals surface area (Å²) in [6, 6.07) is 29.8. The fourth-order valence-corrected chi connectivity index (χ4v) is 7.39. The highest BCUT2D eigenvalue weighted by Crippen LogP contribution is 2.30. The normalized spacial score (nSPS) is 14.2. The van der Waals surface area contributed by atoms with E-state index < -0.39 is 10.0 Å². The van der Waals surface area contributed by atoms with Crippen molar-refractivity contribution in [1.29, 1.82) is 0 Å². The summed E-state index contributed by atoms with van der Waals surface area (Å²) in [6.07, 6.45) is 1.12. The summed E-state index contributed by atoms with van der Waals surface area (Å²) in [7, 11) is -0.495. The fourth-order valence-electron chi connectivity index (χ4n) is 6.87. The third-order valence-electron chi connectivity index (χ3n) is 11.3. The Balaban J connectivity index is 0.000000228. The molecule has 2 aliphatic rings. The highest BCUT2D eigenvalue weighted by molar-refractivity contribution is 7.89. The largest absolute Gasteiger partial charge is 0.452 e. The summed E-state index contributed by atoms with van der Waals surface area (Å²) in [5, 5.41) is 7.89. The van der Waals surface area contributed by atoms with E-state index in [1.165, 1.54) is 52.1 Å². The molecule has 0 atom stereocenters. The summed E-state index contributed by atoms with van der Waals surface area (Å²) in [5.41, 5.74) is 9.90. The zero-order valence-electron chi connectivity index (χ0n) is 41.2. The molecule has 11 nitrogen and oxygen atoms in total. The van der Waals surface area contributed by atoms with Crippen molar-refractivity contribution in [3.8, 4) is 0 Å². The SMILES string of the molecule is CC(=O)N1CCN(c2ccc(C(C)(C)C)cc2)CC1.CC(C)(C)c1ccc(S(N)(=O)=O)cc1.CC(C)(C)c1ccc2c(c1)CCC(=O)N2.COC(=O)N(C)c1ccc(C(C)(C)C)cc1. The number of fused-ring (bicyclic) bond motifs is 1. The zero-order valence-corrected chi connectivity index (χ0v) is 42.0. The minimum Gasteiger partial charge on any atom is -0.452 e. The molecular formula is C52H75N5O6S. The average Bonchev–Trinajstić information content (AvgIpc) is 3.22. The first-order valence-electron chi connectivity index (χ1n) is 22.0. The lowest BCUT2D eigenvalue weighted by molar-refractivity contribution is -0.129. The molecule has 3 amide bonds. The van der Waals surface area contributed by atoms with E-state index in [4.69, 9.17) is 5.14 Å². The number of nitrogens with zero attached hydrogens (tertiary/aromatic N) is 3. The molecule has 0 unspecified atom stereocenters. The molecule has 0 aromatic heterocycles. The lowest BCUT2D eigenvalue weighted by atomic mass is 9.85. The summed E-state index contributed by atoms with van der Waals surface area (Å²) in [6.45, 7) is 31.1. The van der Waals surface area contributed by atoms with Gasteiger partial charge in [0.1, 0.15) is 0 Å². The second-order valence-electron chi connectivity index (χ2n) is 20.6. The first kappa shape index (κ1) is 53.1. The van der Waals surface area contributed by atoms with Gasteiger partial charge in [-0.15, -0.1) is 0 Å². The van der Waals surface area contributed by atoms with Gasteiger partial charge < -0.3 is 19.9 Å². The number of primary sulfonamides is 1. The second kappa shape index (κ2) is 21.7. The Hall–Kier alpha value is -5.20. The van der Waals surface area contributed by atoms with E-state index in [2.05, 4.69) is 134 Å². The molecule has 0 aliphatic carbocycles. The molecule has 2 aliphatic heterocycles. The number of hydrogen-bond donors (Lipinski definition) is 2. The Kier molecular flexibility index (Phi) is 18.0. The standard InChI is InChI=1S/C16H24N2O.C13H19NO2.C13H17NO.C10H15NO2S/c1-13(19)17-9-11-18(12-10-17)15-7-5-14(6-8-15)16(2,3)4;1-13(2,3)10-6-8-11(9-7-10)14(4)12(15)16-5;1-13(2,3)10-5-6-11-9(8-10)4-7-12(15)14-11;1-10(2,3)8-4-6-9(7-5-8)14(11,12)13/h5-8H,9-12H2,1-4H3;6-9H,1-5H3;5-6,8H,4,7H2,1-3H3,(H,14,15);4-7H,1-3H3,(H2,11,12,13). The molecule has 1 fully saturated rings. The lowest BCUT2D eigenvalue weighted by Crippen LogP contribution is -2.48. The van der Waals surface area contributed by atoms with Crippen molar-refractivity contribution in [3.63, 3.8) is 0 Å². The number of aryl methyl sites for hydroxylation is 1. The van der Waals surface area contributed by atoms with Crippen LogP contribution in [-0.4, -0.2) is 71.6 Å². The fraction of sp³-hybridized carbons (Fsp3) is 0.481. The summed E-state index contributed by atoms with van der Waals surface area (Å²) in [4.78, 5) is 39.7. The van der Waals surface area contributed by atoms with Gasteiger partial charge in [-0.1, -0.05) is 132 Å². The first-order chi connectivity index (χ1) is 29.4. The number of sulfonamides is 1. The van der Waals surface area contributed by atoms with E-state index in [9.17, 15) is 22.8 Å². The van der Waals surface area contributed by atoms with E-state index in [0.29, 0.717) is 6.42 Å². The number of benzene rings is 4. The van der Waals surface area contributed by atoms with E-state index in [0.717, 1.165) is 49.5 Å². The van der Waals surface area contributed by atoms with Crippen molar-refractivity contribution >= 4 is 45.0 Å². The van der Waals surface area contributed by atoms with Crippen LogP contribution < -0.4 is 20.3 Å². The van der Waals surface area contributed by atoms with Crippen LogP contribution in [0, 0.1) is 0 Å². The number of nitrogens with two attached hydrogens (primary N) is 1. The van der Waals surface area contributed by atoms with Crippen molar-refractivity contribution in [2.24, 2.45) is 5.14 Å². The smallest absolute Gasteiger partial charge is 0.413 e. The summed E-state index contributed by atoms with van der Waals surface area (Å²) < 4.78 is 26.6. The first-order valence-corrected chi connectivity index (χ1v) is 23.6. The number of carbonyl (C=O) groups is 3. The number of carbonyl (C=O) groups excluding carboxylic acids is 3. The molecule has 350 valence electrons. The molecule has 2 heterocycles. The number of rotatable bonds is 3. The lowest BCUT2D eigenvalue weighted by Gasteiger charge is -2.35. The van der Waals surface area contributed by atoms with Crippen molar-refractivity contribution in [2.75, 3.05) is 55.5 Å². The molecule has 64 heavy (non-hydrogen) atoms. The van der Waals surface area contributed by atoms with E-state index in [1.807, 2.05) is 35.2 Å². The number of piperazine rings is 1. The average molecular weight is 898 g/mol. The van der Waals surface area contributed by atoms with Crippen LogP contribution in [0.3, 0.4) is 0 Å². The maximum Gasteiger partial charge on any atom is 0.413 e. The summed E-state index contributed by atoms with van der Waals surface area (Å²) in [5.74, 6) is 0.314. The van der Waals surface area contributed by atoms with E-state index >= 15 is 0 Å². The van der Waals surface area contributed by atoms with Gasteiger partial charge in [-0.3, -0.25) is 14.5 Å². The maximum absolute atomic E-state index is 11.3. The molecule has 0 spiro atoms. The van der Waals surface area contributed by atoms with Gasteiger partial charge in [-0.05, 0) is 98.4 Å². The topological polar surface area (TPSA) is 142 Å². The van der Waals surface area contributed by atoms with E-state index in [1.54, 1.807) is 26.1 Å². The Morgan fingerprint density at radius 3 is 1.47 bits per heavy atom. The minimum atomic E-state index is -3.57. The molecule has 4 aromatic carbocycles. The third kappa shape index (κ3) is 16.1. The maximum atomic E-state index is 11.3. The van der Waals surface area contributed by atoms with Crippen molar-refractivity contribution < 1.29 is 27.5 Å². The molecular weight excluding hydrogens is 823 g/mol. The Labute approximate surface area is 384 Å². The molecule has 1 saturated heterocycles. The van der Waals surface area contributed by atoms with E-state index in [-0.39, 0.29) is 44.5 Å². The molecule has 12 heteroatoms. The molecule has 0 bridgehead atoms. The van der Waals surface area contributed by atoms with Crippen LogP contribution in [0.4, 0.5) is 21.9 Å². The van der Waals surface area contributed by atoms with Crippen molar-refractivity contribution in [1.82, 2.24) is 4.90 Å². The van der Waals surface area contributed by atoms with Crippen LogP contribution in [0.5, 0.6) is 0 Å². The van der Waals surface area contributed by atoms with Crippen LogP contribution in [0.1, 0.15) is 124 Å². The van der Waals surface area contributed by atoms with Gasteiger partial charge in [0.2, 0.25) is 21.8 Å². The summed E-state index contributed by atoms with van der Waals surface area (Å²) >= 11 is 0. The minimum absolute atomic E-state index is 0.0247. The number of amides is 3. The molecule has 6 rings (SSSR count). The van der Waals surface area contributed by atoms with Gasteiger partial charge in [0.05, 0.1) is 12.0 Å². The monoisotopic (exact) mass is 898 g/mol. The molecule has 4 aromatic rings. The molecule has 0 radical (unpaired) electrons. The Morgan fingerprint density at radius 2 is 1.06 bits per heavy atom. The van der Waals surface area contributed by atoms with Gasteiger partial charge in [0.25, 0.3) is 0 Å². The molecule has 3 N–H and O–H groups in total. The highest BCUT2D eigenvalue weighted by atomic mass is 32.2. The number of ether oxygens (including phenoxy) is 1. The number of methoxy groups -OCH3 is 1. The van der Waals surface area contributed by atoms with Gasteiger partial charge in [0.15, 0.2) is 0 Å². The van der Waals surface area contributed by atoms with Gasteiger partial charge in [0, 0.05) is 63.6 Å². The van der Waals surface area contributed by atoms with Crippen LogP contribution in [0.25, 0.3) is 0 Å². The highest BCUT2D eigenvalue weighted by Gasteiger charge is 2.22. The third-order valence-corrected chi connectivity index (χ3v) is 12.2. The van der Waals surface area contributed by atoms with Crippen LogP contribution in [-0.2, 0) is 52.4 Å². The van der Waals surface area contributed by atoms with Crippen LogP contribution in [0.2, 0.25) is 0 Å². The van der Waals surface area contributed by atoms with Gasteiger partial charge in [-0.2, -0.15) is 0 Å². The van der Waals surface area contributed by atoms with Gasteiger partial charge >= 0.3 is 6.09 Å². The Bertz CT molecular complexity index is 2270. The van der Waals surface area contributed by atoms with Crippen LogP contribution >= 0.6 is 0 Å². The second-order valence-corrected chi connectivity index (χ2v) is 22.2. The van der Waals surface area contributed by atoms with Crippen molar-refractivity contribution in [3.05, 3.63) is 119 Å². The number of nitrogens with one attached hydrogen (secondary N) is 1. The quantitative estimate of drug-likeness (QED) is 0.208. The number of hydrogen-bond acceptors (Lipinski definition) is 7. The number of anilines is 3. The van der Waals surface area contributed by atoms with Gasteiger partial charge in [-0.25, -0.2) is 18.4 Å². The Morgan fingerprint density at radius 1 is 0.641 bits per heavy atom.